The van der Waals surface area contributed by atoms with E-state index >= 15 is 0 Å². The predicted molar refractivity (Wildman–Crippen MR) is 153 cm³/mol. The van der Waals surface area contributed by atoms with Crippen molar-refractivity contribution < 1.29 is 22.8 Å². The Morgan fingerprint density at radius 3 is 2.10 bits per heavy atom. The van der Waals surface area contributed by atoms with Crippen LogP contribution in [0.5, 0.6) is 0 Å². The van der Waals surface area contributed by atoms with E-state index in [1.807, 2.05) is 26.0 Å². The highest BCUT2D eigenvalue weighted by Gasteiger charge is 2.33. The van der Waals surface area contributed by atoms with Crippen LogP contribution < -0.4 is 10.0 Å². The van der Waals surface area contributed by atoms with Gasteiger partial charge in [-0.3, -0.25) is 19.4 Å². The molecule has 1 heterocycles. The summed E-state index contributed by atoms with van der Waals surface area (Å²) >= 11 is 0. The Labute approximate surface area is 233 Å². The number of anilines is 1. The molecule has 1 atom stereocenters. The second kappa shape index (κ2) is 12.1. The van der Waals surface area contributed by atoms with Gasteiger partial charge in [0.25, 0.3) is 15.9 Å². The summed E-state index contributed by atoms with van der Waals surface area (Å²) in [6, 6.07) is 22.7. The van der Waals surface area contributed by atoms with Gasteiger partial charge in [-0.05, 0) is 73.0 Å². The minimum atomic E-state index is -4.36. The lowest BCUT2D eigenvalue weighted by Crippen LogP contribution is -2.42. The van der Waals surface area contributed by atoms with Gasteiger partial charge in [0.05, 0.1) is 10.6 Å². The van der Waals surface area contributed by atoms with E-state index in [-0.39, 0.29) is 28.6 Å². The number of fused-ring (bicyclic) bond motifs is 1. The molecule has 4 aromatic rings. The molecule has 10 heteroatoms. The SMILES string of the molecule is CCN(CC)C(=O)C(Cc1ccc(N(C(=O)c2ccccn2)S(=O)(=O)c2ccc3ccccc3c2)cc1)C(N)=O. The molecule has 40 heavy (non-hydrogen) atoms. The van der Waals surface area contributed by atoms with E-state index < -0.39 is 27.8 Å². The molecule has 0 aliphatic rings. The van der Waals surface area contributed by atoms with Crippen LogP contribution in [0, 0.1) is 5.92 Å². The maximum absolute atomic E-state index is 13.9. The van der Waals surface area contributed by atoms with E-state index in [9.17, 15) is 22.8 Å². The molecule has 3 amide bonds. The Kier molecular flexibility index (Phi) is 8.59. The van der Waals surface area contributed by atoms with E-state index in [2.05, 4.69) is 4.98 Å². The van der Waals surface area contributed by atoms with Crippen LogP contribution in [-0.2, 0) is 26.0 Å². The van der Waals surface area contributed by atoms with Crippen LogP contribution in [0.2, 0.25) is 0 Å². The lowest BCUT2D eigenvalue weighted by Gasteiger charge is -2.24. The number of carbonyl (C=O) groups is 3. The summed E-state index contributed by atoms with van der Waals surface area (Å²) < 4.78 is 28.6. The minimum Gasteiger partial charge on any atom is -0.369 e. The van der Waals surface area contributed by atoms with Crippen molar-refractivity contribution in [3.05, 3.63) is 102 Å². The van der Waals surface area contributed by atoms with Crippen molar-refractivity contribution in [1.29, 1.82) is 0 Å². The topological polar surface area (TPSA) is 131 Å². The molecule has 0 aliphatic heterocycles. The molecule has 9 nitrogen and oxygen atoms in total. The molecular formula is C30H30N4O5S. The molecule has 0 radical (unpaired) electrons. The largest absolute Gasteiger partial charge is 0.369 e. The highest BCUT2D eigenvalue weighted by molar-refractivity contribution is 7.93. The van der Waals surface area contributed by atoms with E-state index in [1.54, 1.807) is 42.5 Å². The van der Waals surface area contributed by atoms with E-state index in [4.69, 9.17) is 5.73 Å². The first kappa shape index (κ1) is 28.4. The van der Waals surface area contributed by atoms with Gasteiger partial charge in [0.1, 0.15) is 11.6 Å². The molecule has 0 saturated carbocycles. The molecule has 4 rings (SSSR count). The number of hydrogen-bond donors (Lipinski definition) is 1. The van der Waals surface area contributed by atoms with Gasteiger partial charge in [-0.25, -0.2) is 8.42 Å². The smallest absolute Gasteiger partial charge is 0.290 e. The van der Waals surface area contributed by atoms with Crippen molar-refractivity contribution in [3.8, 4) is 0 Å². The standard InChI is InChI=1S/C30H30N4O5S/c1-3-33(4-2)29(36)26(28(31)35)19-21-12-15-24(16-13-21)34(30(37)27-11-7-8-18-32-27)40(38,39)25-17-14-22-9-5-6-10-23(22)20-25/h5-18,20,26H,3-4,19H2,1-2H3,(H2,31,35). The van der Waals surface area contributed by atoms with Gasteiger partial charge in [0, 0.05) is 19.3 Å². The predicted octanol–water partition coefficient (Wildman–Crippen LogP) is 3.78. The third-order valence-corrected chi connectivity index (χ3v) is 8.36. The molecule has 206 valence electrons. The second-order valence-electron chi connectivity index (χ2n) is 9.13. The van der Waals surface area contributed by atoms with Crippen molar-refractivity contribution in [3.63, 3.8) is 0 Å². The van der Waals surface area contributed by atoms with Gasteiger partial charge in [0.15, 0.2) is 0 Å². The van der Waals surface area contributed by atoms with Gasteiger partial charge < -0.3 is 10.6 Å². The van der Waals surface area contributed by atoms with Crippen LogP contribution in [-0.4, -0.2) is 49.1 Å². The number of rotatable bonds is 10. The van der Waals surface area contributed by atoms with Crippen LogP contribution in [0.3, 0.4) is 0 Å². The third-order valence-electron chi connectivity index (χ3n) is 6.65. The first-order valence-corrected chi connectivity index (χ1v) is 14.3. The second-order valence-corrected chi connectivity index (χ2v) is 10.9. The Morgan fingerprint density at radius 2 is 1.50 bits per heavy atom. The zero-order valence-electron chi connectivity index (χ0n) is 22.2. The number of carbonyl (C=O) groups excluding carboxylic acids is 3. The van der Waals surface area contributed by atoms with Gasteiger partial charge in [-0.1, -0.05) is 48.5 Å². The number of nitrogens with two attached hydrogens (primary N) is 1. The molecule has 1 aromatic heterocycles. The van der Waals surface area contributed by atoms with Crippen LogP contribution in [0.1, 0.15) is 29.9 Å². The van der Waals surface area contributed by atoms with Crippen molar-refractivity contribution >= 4 is 44.2 Å². The molecule has 0 bridgehead atoms. The average molecular weight is 559 g/mol. The van der Waals surface area contributed by atoms with E-state index in [1.165, 1.54) is 41.4 Å². The zero-order valence-corrected chi connectivity index (χ0v) is 23.0. The molecule has 0 aliphatic carbocycles. The molecule has 0 fully saturated rings. The van der Waals surface area contributed by atoms with E-state index in [0.717, 1.165) is 9.69 Å². The fraction of sp³-hybridized carbons (Fsp3) is 0.200. The minimum absolute atomic E-state index is 0.0383. The summed E-state index contributed by atoms with van der Waals surface area (Å²) in [6.07, 6.45) is 1.45. The summed E-state index contributed by atoms with van der Waals surface area (Å²) in [6.45, 7) is 4.51. The number of hydrogen-bond acceptors (Lipinski definition) is 6. The van der Waals surface area contributed by atoms with Crippen LogP contribution in [0.25, 0.3) is 10.8 Å². The molecular weight excluding hydrogens is 528 g/mol. The summed E-state index contributed by atoms with van der Waals surface area (Å²) in [5.41, 5.74) is 6.17. The monoisotopic (exact) mass is 558 g/mol. The quantitative estimate of drug-likeness (QED) is 0.295. The van der Waals surface area contributed by atoms with Gasteiger partial charge in [-0.2, -0.15) is 4.31 Å². The number of aromatic nitrogens is 1. The average Bonchev–Trinajstić information content (AvgIpc) is 2.97. The first-order valence-electron chi connectivity index (χ1n) is 12.8. The molecule has 1 unspecified atom stereocenters. The van der Waals surface area contributed by atoms with Crippen molar-refractivity contribution in [2.24, 2.45) is 11.7 Å². The maximum atomic E-state index is 13.9. The lowest BCUT2D eigenvalue weighted by molar-refractivity contribution is -0.140. The van der Waals surface area contributed by atoms with Crippen molar-refractivity contribution in [1.82, 2.24) is 9.88 Å². The number of sulfonamides is 1. The highest BCUT2D eigenvalue weighted by atomic mass is 32.2. The summed E-state index contributed by atoms with van der Waals surface area (Å²) in [5, 5.41) is 1.57. The molecule has 0 spiro atoms. The van der Waals surface area contributed by atoms with Crippen LogP contribution in [0.15, 0.2) is 96.0 Å². The Hall–Kier alpha value is -4.57. The summed E-state index contributed by atoms with van der Waals surface area (Å²) in [7, 11) is -4.36. The maximum Gasteiger partial charge on any atom is 0.290 e. The Bertz CT molecular complexity index is 1640. The van der Waals surface area contributed by atoms with Gasteiger partial charge >= 0.3 is 0 Å². The fourth-order valence-electron chi connectivity index (χ4n) is 4.46. The van der Waals surface area contributed by atoms with Crippen molar-refractivity contribution in [2.75, 3.05) is 17.4 Å². The van der Waals surface area contributed by atoms with Crippen molar-refractivity contribution in [2.45, 2.75) is 25.2 Å². The Morgan fingerprint density at radius 1 is 0.850 bits per heavy atom. The van der Waals surface area contributed by atoms with Crippen LogP contribution >= 0.6 is 0 Å². The first-order chi connectivity index (χ1) is 19.2. The third kappa shape index (κ3) is 5.86. The normalized spacial score (nSPS) is 12.1. The number of amides is 3. The zero-order chi connectivity index (χ0) is 28.9. The fourth-order valence-corrected chi connectivity index (χ4v) is 5.90. The molecule has 2 N–H and O–H groups in total. The summed E-state index contributed by atoms with van der Waals surface area (Å²) in [5.74, 6) is -3.01. The highest BCUT2D eigenvalue weighted by Crippen LogP contribution is 2.29. The van der Waals surface area contributed by atoms with Gasteiger partial charge in [-0.15, -0.1) is 0 Å². The van der Waals surface area contributed by atoms with E-state index in [0.29, 0.717) is 24.0 Å². The Balaban J connectivity index is 1.73. The van der Waals surface area contributed by atoms with Gasteiger partial charge in [0.2, 0.25) is 11.8 Å². The number of primary amides is 1. The molecule has 3 aromatic carbocycles. The molecule has 0 saturated heterocycles. The lowest BCUT2D eigenvalue weighted by atomic mass is 9.97. The summed E-state index contributed by atoms with van der Waals surface area (Å²) in [4.78, 5) is 44.1. The number of pyridine rings is 1. The van der Waals surface area contributed by atoms with Crippen LogP contribution in [0.4, 0.5) is 5.69 Å². The number of benzene rings is 3. The number of nitrogens with zero attached hydrogens (tertiary/aromatic N) is 3.